The molecule has 1 fully saturated rings. The minimum Gasteiger partial charge on any atom is -0.493 e. The number of aromatic nitrogens is 1. The standard InChI is InChI=1S/C30H34F3N3O6/c1-5-41-28(37)15-20-6-9-26(27(14-20)40-4)42-22-10-12-35(13-11-22)18-29(38,30(31,32)33)24-17-36(19-39-3)25-16-21(34-2)7-8-23(24)25/h6-9,14,16-17,22,38H,5,10-13,15,18-19H2,1,3-4H3. The van der Waals surface area contributed by atoms with Gasteiger partial charge in [-0.05, 0) is 43.5 Å². The summed E-state index contributed by atoms with van der Waals surface area (Å²) in [5.41, 5.74) is -2.10. The molecule has 1 atom stereocenters. The number of esters is 1. The summed E-state index contributed by atoms with van der Waals surface area (Å²) in [5.74, 6) is 0.565. The minimum absolute atomic E-state index is 0.0398. The highest BCUT2D eigenvalue weighted by Gasteiger charge is 2.57. The van der Waals surface area contributed by atoms with Gasteiger partial charge in [0.1, 0.15) is 12.8 Å². The largest absolute Gasteiger partial charge is 0.493 e. The first-order valence-corrected chi connectivity index (χ1v) is 13.5. The van der Waals surface area contributed by atoms with Gasteiger partial charge in [0.25, 0.3) is 0 Å². The van der Waals surface area contributed by atoms with Crippen molar-refractivity contribution in [1.29, 1.82) is 0 Å². The molecule has 1 N–H and O–H groups in total. The molecule has 42 heavy (non-hydrogen) atoms. The van der Waals surface area contributed by atoms with E-state index in [1.807, 2.05) is 0 Å². The molecule has 0 bridgehead atoms. The van der Waals surface area contributed by atoms with Crippen LogP contribution in [-0.2, 0) is 33.0 Å². The monoisotopic (exact) mass is 589 g/mol. The molecule has 0 aliphatic carbocycles. The van der Waals surface area contributed by atoms with Crippen molar-refractivity contribution < 1.29 is 42.0 Å². The lowest BCUT2D eigenvalue weighted by atomic mass is 9.91. The molecular formula is C30H34F3N3O6. The predicted molar refractivity (Wildman–Crippen MR) is 149 cm³/mol. The van der Waals surface area contributed by atoms with Gasteiger partial charge in [-0.2, -0.15) is 13.2 Å². The number of carbonyl (C=O) groups is 1. The zero-order valence-corrected chi connectivity index (χ0v) is 23.7. The van der Waals surface area contributed by atoms with Gasteiger partial charge in [0.15, 0.2) is 17.2 Å². The van der Waals surface area contributed by atoms with Crippen molar-refractivity contribution in [3.05, 3.63) is 65.1 Å². The first kappa shape index (κ1) is 31.2. The molecule has 1 aliphatic heterocycles. The fraction of sp³-hybridized carbons (Fsp3) is 0.467. The quantitative estimate of drug-likeness (QED) is 0.243. The second kappa shape index (κ2) is 13.0. The highest BCUT2D eigenvalue weighted by atomic mass is 19.4. The van der Waals surface area contributed by atoms with E-state index in [4.69, 9.17) is 25.5 Å². The summed E-state index contributed by atoms with van der Waals surface area (Å²) in [6, 6.07) is 9.51. The molecule has 12 heteroatoms. The second-order valence-electron chi connectivity index (χ2n) is 10.2. The van der Waals surface area contributed by atoms with Crippen LogP contribution in [-0.4, -0.2) is 73.3 Å². The topological polar surface area (TPSA) is 86.8 Å². The molecule has 1 aromatic heterocycles. The summed E-state index contributed by atoms with van der Waals surface area (Å²) in [6.07, 6.45) is -3.04. The Bertz CT molecular complexity index is 1440. The van der Waals surface area contributed by atoms with E-state index in [9.17, 15) is 23.1 Å². The van der Waals surface area contributed by atoms with Crippen LogP contribution in [0.3, 0.4) is 0 Å². The Labute approximate surface area is 242 Å². The molecular weight excluding hydrogens is 555 g/mol. The first-order valence-electron chi connectivity index (χ1n) is 13.5. The summed E-state index contributed by atoms with van der Waals surface area (Å²) < 4.78 is 66.9. The van der Waals surface area contributed by atoms with Crippen molar-refractivity contribution in [2.45, 2.75) is 50.8 Å². The number of likely N-dealkylation sites (tertiary alicyclic amines) is 1. The maximum absolute atomic E-state index is 14.6. The van der Waals surface area contributed by atoms with Crippen LogP contribution >= 0.6 is 0 Å². The number of carbonyl (C=O) groups excluding carboxylic acids is 1. The highest BCUT2D eigenvalue weighted by Crippen LogP contribution is 2.44. The summed E-state index contributed by atoms with van der Waals surface area (Å²) in [4.78, 5) is 16.8. The molecule has 0 spiro atoms. The molecule has 1 unspecified atom stereocenters. The maximum atomic E-state index is 14.6. The number of hydrogen-bond acceptors (Lipinski definition) is 7. The Hall–Kier alpha value is -3.79. The fourth-order valence-electron chi connectivity index (χ4n) is 5.24. The van der Waals surface area contributed by atoms with Crippen LogP contribution in [0.25, 0.3) is 15.7 Å². The smallest absolute Gasteiger partial charge is 0.422 e. The average molecular weight is 590 g/mol. The zero-order valence-electron chi connectivity index (χ0n) is 23.7. The molecule has 226 valence electrons. The third-order valence-corrected chi connectivity index (χ3v) is 7.34. The summed E-state index contributed by atoms with van der Waals surface area (Å²) in [5, 5.41) is 11.5. The highest BCUT2D eigenvalue weighted by molar-refractivity contribution is 5.88. The number of nitrogens with zero attached hydrogens (tertiary/aromatic N) is 3. The van der Waals surface area contributed by atoms with Crippen molar-refractivity contribution in [3.8, 4) is 11.5 Å². The maximum Gasteiger partial charge on any atom is 0.422 e. The lowest BCUT2D eigenvalue weighted by Crippen LogP contribution is -2.53. The summed E-state index contributed by atoms with van der Waals surface area (Å²) >= 11 is 0. The first-order chi connectivity index (χ1) is 20.0. The number of halogens is 3. The molecule has 0 amide bonds. The predicted octanol–water partition coefficient (Wildman–Crippen LogP) is 5.20. The number of fused-ring (bicyclic) bond motifs is 1. The number of rotatable bonds is 11. The Morgan fingerprint density at radius 1 is 1.12 bits per heavy atom. The van der Waals surface area contributed by atoms with Gasteiger partial charge in [-0.25, -0.2) is 4.85 Å². The van der Waals surface area contributed by atoms with Gasteiger partial charge in [0.05, 0.1) is 26.7 Å². The number of benzene rings is 2. The Balaban J connectivity index is 1.49. The number of piperidine rings is 1. The van der Waals surface area contributed by atoms with Gasteiger partial charge in [0, 0.05) is 49.4 Å². The van der Waals surface area contributed by atoms with E-state index in [0.717, 1.165) is 0 Å². The number of aliphatic hydroxyl groups is 1. The van der Waals surface area contributed by atoms with Crippen LogP contribution in [0, 0.1) is 6.57 Å². The molecule has 3 aromatic rings. The number of ether oxygens (including phenoxy) is 4. The third kappa shape index (κ3) is 6.64. The van der Waals surface area contributed by atoms with Crippen molar-refractivity contribution in [2.75, 3.05) is 40.5 Å². The molecule has 2 heterocycles. The van der Waals surface area contributed by atoms with Gasteiger partial charge in [0.2, 0.25) is 5.60 Å². The van der Waals surface area contributed by atoms with Crippen molar-refractivity contribution in [1.82, 2.24) is 9.47 Å². The van der Waals surface area contributed by atoms with Gasteiger partial charge in [-0.1, -0.05) is 18.2 Å². The fourth-order valence-corrected chi connectivity index (χ4v) is 5.24. The summed E-state index contributed by atoms with van der Waals surface area (Å²) in [7, 11) is 2.91. The number of alkyl halides is 3. The van der Waals surface area contributed by atoms with Crippen LogP contribution in [0.15, 0.2) is 42.6 Å². The zero-order chi connectivity index (χ0) is 30.5. The van der Waals surface area contributed by atoms with E-state index in [0.29, 0.717) is 35.4 Å². The van der Waals surface area contributed by atoms with Crippen LogP contribution in [0.1, 0.15) is 30.9 Å². The molecule has 2 aromatic carbocycles. The number of hydrogen-bond donors (Lipinski definition) is 1. The van der Waals surface area contributed by atoms with Crippen molar-refractivity contribution in [2.24, 2.45) is 0 Å². The van der Waals surface area contributed by atoms with E-state index >= 15 is 0 Å². The molecule has 0 saturated carbocycles. The lowest BCUT2D eigenvalue weighted by Gasteiger charge is -2.39. The molecule has 4 rings (SSSR count). The Morgan fingerprint density at radius 2 is 1.86 bits per heavy atom. The minimum atomic E-state index is -4.97. The number of methoxy groups -OCH3 is 2. The molecule has 9 nitrogen and oxygen atoms in total. The SMILES string of the molecule is [C-]#[N+]c1ccc2c(C(O)(CN3CCC(Oc4ccc(CC(=O)OCC)cc4OC)CC3)C(F)(F)F)cn(COC)c2c1. The van der Waals surface area contributed by atoms with Crippen molar-refractivity contribution >= 4 is 22.6 Å². The Kier molecular flexibility index (Phi) is 9.66. The average Bonchev–Trinajstić information content (AvgIpc) is 3.32. The van der Waals surface area contributed by atoms with E-state index in [2.05, 4.69) is 4.85 Å². The molecule has 0 radical (unpaired) electrons. The van der Waals surface area contributed by atoms with Crippen LogP contribution < -0.4 is 9.47 Å². The van der Waals surface area contributed by atoms with Gasteiger partial charge in [-0.15, -0.1) is 0 Å². The van der Waals surface area contributed by atoms with Gasteiger partial charge >= 0.3 is 12.1 Å². The van der Waals surface area contributed by atoms with E-state index in [-0.39, 0.29) is 61.6 Å². The third-order valence-electron chi connectivity index (χ3n) is 7.34. The van der Waals surface area contributed by atoms with Crippen LogP contribution in [0.5, 0.6) is 11.5 Å². The normalized spacial score (nSPS) is 16.1. The van der Waals surface area contributed by atoms with Crippen molar-refractivity contribution in [3.63, 3.8) is 0 Å². The second-order valence-corrected chi connectivity index (χ2v) is 10.2. The van der Waals surface area contributed by atoms with E-state index in [1.54, 1.807) is 30.0 Å². The van der Waals surface area contributed by atoms with Crippen LogP contribution in [0.2, 0.25) is 0 Å². The summed E-state index contributed by atoms with van der Waals surface area (Å²) in [6.45, 7) is 9.12. The Morgan fingerprint density at radius 3 is 2.48 bits per heavy atom. The molecule has 1 aliphatic rings. The lowest BCUT2D eigenvalue weighted by molar-refractivity contribution is -0.272. The van der Waals surface area contributed by atoms with Gasteiger partial charge < -0.3 is 28.6 Å². The van der Waals surface area contributed by atoms with E-state index < -0.39 is 18.3 Å². The number of β-amino-alcohol motifs (C(OH)–C–C–N with tert-alkyl or cyclic N) is 1. The molecule has 1 saturated heterocycles. The van der Waals surface area contributed by atoms with Crippen LogP contribution in [0.4, 0.5) is 18.9 Å². The van der Waals surface area contributed by atoms with Gasteiger partial charge in [-0.3, -0.25) is 9.69 Å². The van der Waals surface area contributed by atoms with E-state index in [1.165, 1.54) is 43.2 Å².